The molecule has 0 unspecified atom stereocenters. The lowest BCUT2D eigenvalue weighted by atomic mass is 10.1. The third kappa shape index (κ3) is 3.56. The van der Waals surface area contributed by atoms with E-state index in [-0.39, 0.29) is 0 Å². The normalized spacial score (nSPS) is 10.6. The van der Waals surface area contributed by atoms with Gasteiger partial charge in [0.05, 0.1) is 16.1 Å². The highest BCUT2D eigenvalue weighted by atomic mass is 79.9. The van der Waals surface area contributed by atoms with Crippen molar-refractivity contribution in [1.29, 1.82) is 0 Å². The van der Waals surface area contributed by atoms with Crippen LogP contribution in [0.2, 0.25) is 0 Å². The second kappa shape index (κ2) is 6.77. The molecule has 2 N–H and O–H groups in total. The smallest absolute Gasteiger partial charge is 0.224 e. The number of aromatic nitrogens is 1. The molecule has 0 radical (unpaired) electrons. The lowest BCUT2D eigenvalue weighted by Gasteiger charge is -2.14. The van der Waals surface area contributed by atoms with Gasteiger partial charge in [0, 0.05) is 17.8 Å². The molecule has 0 spiro atoms. The Morgan fingerprint density at radius 1 is 1.10 bits per heavy atom. The Morgan fingerprint density at radius 2 is 1.71 bits per heavy atom. The molecule has 2 aromatic rings. The number of hydrogen-bond acceptors (Lipinski definition) is 4. The van der Waals surface area contributed by atoms with E-state index in [0.29, 0.717) is 18.2 Å². The molecule has 4 nitrogen and oxygen atoms in total. The SMILES string of the molecule is COc1cc(Br)c(Oc2nc(C)cc(C)c2CN)cc1Br. The molecule has 1 aromatic heterocycles. The van der Waals surface area contributed by atoms with E-state index in [4.69, 9.17) is 15.2 Å². The molecule has 0 fully saturated rings. The maximum absolute atomic E-state index is 5.95. The molecule has 0 aliphatic heterocycles. The number of benzene rings is 1. The Kier molecular flexibility index (Phi) is 5.24. The Morgan fingerprint density at radius 3 is 2.33 bits per heavy atom. The third-order valence-electron chi connectivity index (χ3n) is 3.05. The molecule has 0 amide bonds. The average Bonchev–Trinajstić information content (AvgIpc) is 2.42. The van der Waals surface area contributed by atoms with E-state index in [1.165, 1.54) is 0 Å². The van der Waals surface area contributed by atoms with Crippen molar-refractivity contribution >= 4 is 31.9 Å². The highest BCUT2D eigenvalue weighted by Gasteiger charge is 2.14. The largest absolute Gasteiger partial charge is 0.496 e. The number of pyridine rings is 1. The lowest BCUT2D eigenvalue weighted by Crippen LogP contribution is -2.05. The quantitative estimate of drug-likeness (QED) is 0.799. The summed E-state index contributed by atoms with van der Waals surface area (Å²) in [6.07, 6.45) is 0. The van der Waals surface area contributed by atoms with E-state index >= 15 is 0 Å². The minimum absolute atomic E-state index is 0.378. The number of halogens is 2. The monoisotopic (exact) mass is 414 g/mol. The number of ether oxygens (including phenoxy) is 2. The number of nitrogens with zero attached hydrogens (tertiary/aromatic N) is 1. The summed E-state index contributed by atoms with van der Waals surface area (Å²) in [4.78, 5) is 4.44. The summed E-state index contributed by atoms with van der Waals surface area (Å²) in [5, 5.41) is 0. The third-order valence-corrected chi connectivity index (χ3v) is 4.29. The van der Waals surface area contributed by atoms with Crippen LogP contribution in [0.4, 0.5) is 0 Å². The van der Waals surface area contributed by atoms with Crippen molar-refractivity contribution in [3.05, 3.63) is 44.0 Å². The molecule has 112 valence electrons. The first-order valence-corrected chi connectivity index (χ1v) is 7.93. The molecule has 1 heterocycles. The van der Waals surface area contributed by atoms with Crippen LogP contribution in [-0.4, -0.2) is 12.1 Å². The maximum Gasteiger partial charge on any atom is 0.224 e. The Bertz CT molecular complexity index is 675. The molecule has 0 aliphatic carbocycles. The van der Waals surface area contributed by atoms with E-state index in [1.54, 1.807) is 7.11 Å². The molecule has 0 aliphatic rings. The highest BCUT2D eigenvalue weighted by Crippen LogP contribution is 2.38. The first kappa shape index (κ1) is 16.3. The van der Waals surface area contributed by atoms with Gasteiger partial charge in [0.1, 0.15) is 11.5 Å². The van der Waals surface area contributed by atoms with Gasteiger partial charge in [0.2, 0.25) is 5.88 Å². The molecular formula is C15H16Br2N2O2. The van der Waals surface area contributed by atoms with Gasteiger partial charge < -0.3 is 15.2 Å². The fourth-order valence-electron chi connectivity index (χ4n) is 2.01. The first-order valence-electron chi connectivity index (χ1n) is 6.34. The predicted molar refractivity (Wildman–Crippen MR) is 90.1 cm³/mol. The topological polar surface area (TPSA) is 57.4 Å². The molecule has 0 bridgehead atoms. The second-order valence-corrected chi connectivity index (χ2v) is 6.30. The molecule has 21 heavy (non-hydrogen) atoms. The summed E-state index contributed by atoms with van der Waals surface area (Å²) in [5.74, 6) is 1.91. The predicted octanol–water partition coefficient (Wildman–Crippen LogP) is 4.48. The minimum atomic E-state index is 0.378. The molecule has 0 saturated carbocycles. The molecular weight excluding hydrogens is 400 g/mol. The van der Waals surface area contributed by atoms with E-state index in [2.05, 4.69) is 36.8 Å². The number of methoxy groups -OCH3 is 1. The van der Waals surface area contributed by atoms with Gasteiger partial charge >= 0.3 is 0 Å². The van der Waals surface area contributed by atoms with Gasteiger partial charge in [-0.2, -0.15) is 0 Å². The van der Waals surface area contributed by atoms with Crippen molar-refractivity contribution in [3.63, 3.8) is 0 Å². The van der Waals surface area contributed by atoms with Crippen molar-refractivity contribution in [2.45, 2.75) is 20.4 Å². The van der Waals surface area contributed by atoms with Gasteiger partial charge in [0.25, 0.3) is 0 Å². The van der Waals surface area contributed by atoms with E-state index in [1.807, 2.05) is 32.0 Å². The summed E-state index contributed by atoms with van der Waals surface area (Å²) in [6, 6.07) is 5.67. The van der Waals surface area contributed by atoms with Crippen LogP contribution in [0.15, 0.2) is 27.1 Å². The van der Waals surface area contributed by atoms with Gasteiger partial charge in [-0.25, -0.2) is 4.98 Å². The Balaban J connectivity index is 2.45. The fourth-order valence-corrected chi connectivity index (χ4v) is 2.90. The van der Waals surface area contributed by atoms with Crippen LogP contribution in [0.1, 0.15) is 16.8 Å². The summed E-state index contributed by atoms with van der Waals surface area (Å²) >= 11 is 6.93. The average molecular weight is 416 g/mol. The van der Waals surface area contributed by atoms with E-state index in [9.17, 15) is 0 Å². The van der Waals surface area contributed by atoms with Crippen LogP contribution < -0.4 is 15.2 Å². The Labute approximate surface area is 140 Å². The van der Waals surface area contributed by atoms with Gasteiger partial charge in [-0.05, 0) is 69.5 Å². The van der Waals surface area contributed by atoms with E-state index < -0.39 is 0 Å². The fraction of sp³-hybridized carbons (Fsp3) is 0.267. The van der Waals surface area contributed by atoms with Crippen LogP contribution in [0.5, 0.6) is 17.4 Å². The van der Waals surface area contributed by atoms with Crippen molar-refractivity contribution < 1.29 is 9.47 Å². The van der Waals surface area contributed by atoms with Gasteiger partial charge in [-0.3, -0.25) is 0 Å². The molecule has 2 rings (SSSR count). The molecule has 0 saturated heterocycles. The minimum Gasteiger partial charge on any atom is -0.496 e. The first-order chi connectivity index (χ1) is 9.96. The van der Waals surface area contributed by atoms with Crippen LogP contribution in [0.3, 0.4) is 0 Å². The van der Waals surface area contributed by atoms with Crippen LogP contribution in [0, 0.1) is 13.8 Å². The molecule has 0 atom stereocenters. The lowest BCUT2D eigenvalue weighted by molar-refractivity contribution is 0.408. The van der Waals surface area contributed by atoms with Crippen molar-refractivity contribution in [2.75, 3.05) is 7.11 Å². The van der Waals surface area contributed by atoms with Gasteiger partial charge in [-0.15, -0.1) is 0 Å². The van der Waals surface area contributed by atoms with Gasteiger partial charge in [-0.1, -0.05) is 0 Å². The van der Waals surface area contributed by atoms with Crippen molar-refractivity contribution in [2.24, 2.45) is 5.73 Å². The van der Waals surface area contributed by atoms with Gasteiger partial charge in [0.15, 0.2) is 0 Å². The van der Waals surface area contributed by atoms with Crippen molar-refractivity contribution in [1.82, 2.24) is 4.98 Å². The summed E-state index contributed by atoms with van der Waals surface area (Å²) in [7, 11) is 1.62. The standard InChI is InChI=1S/C15H16Br2N2O2/c1-8-4-9(2)19-15(10(8)7-18)21-14-6-11(16)13(20-3)5-12(14)17/h4-6H,7,18H2,1-3H3. The summed E-state index contributed by atoms with van der Waals surface area (Å²) in [6.45, 7) is 4.31. The van der Waals surface area contributed by atoms with Crippen LogP contribution in [0.25, 0.3) is 0 Å². The van der Waals surface area contributed by atoms with Crippen molar-refractivity contribution in [3.8, 4) is 17.4 Å². The maximum atomic E-state index is 5.95. The summed E-state index contributed by atoms with van der Waals surface area (Å²) < 4.78 is 12.8. The second-order valence-electron chi connectivity index (χ2n) is 4.59. The number of hydrogen-bond donors (Lipinski definition) is 1. The molecule has 6 heteroatoms. The van der Waals surface area contributed by atoms with E-state index in [0.717, 1.165) is 31.5 Å². The zero-order valence-electron chi connectivity index (χ0n) is 12.0. The zero-order valence-corrected chi connectivity index (χ0v) is 15.2. The number of rotatable bonds is 4. The van der Waals surface area contributed by atoms with Crippen LogP contribution >= 0.6 is 31.9 Å². The molecule has 1 aromatic carbocycles. The summed E-state index contributed by atoms with van der Waals surface area (Å²) in [5.41, 5.74) is 8.67. The number of nitrogens with two attached hydrogens (primary N) is 1. The van der Waals surface area contributed by atoms with Crippen LogP contribution in [-0.2, 0) is 6.54 Å². The number of aryl methyl sites for hydroxylation is 2. The highest BCUT2D eigenvalue weighted by molar-refractivity contribution is 9.11. The zero-order chi connectivity index (χ0) is 15.6. The Hall–Kier alpha value is -1.11.